The van der Waals surface area contributed by atoms with E-state index in [9.17, 15) is 4.79 Å². The maximum absolute atomic E-state index is 12.4. The standard InChI is InChI=1S/C19H18BrN5O/c1-12(11-25-16-5-3-2-4-13(16)6-7-17(25)26)23-19-18(14(20)10-21-19)15-8-9-22-24-15/h2-5,8-10,21,23H,1,6-7,11H2,(H,22,24). The van der Waals surface area contributed by atoms with Gasteiger partial charge in [-0.25, -0.2) is 0 Å². The van der Waals surface area contributed by atoms with Crippen LogP contribution in [0.2, 0.25) is 0 Å². The van der Waals surface area contributed by atoms with Gasteiger partial charge in [0.25, 0.3) is 0 Å². The number of carbonyl (C=O) groups excluding carboxylic acids is 1. The van der Waals surface area contributed by atoms with Gasteiger partial charge >= 0.3 is 0 Å². The zero-order chi connectivity index (χ0) is 18.1. The minimum atomic E-state index is 0.119. The second-order valence-corrected chi connectivity index (χ2v) is 7.05. The van der Waals surface area contributed by atoms with Gasteiger partial charge in [0.15, 0.2) is 0 Å². The summed E-state index contributed by atoms with van der Waals surface area (Å²) >= 11 is 3.54. The number of H-pyrrole nitrogens is 2. The van der Waals surface area contributed by atoms with Gasteiger partial charge in [0.1, 0.15) is 5.82 Å². The lowest BCUT2D eigenvalue weighted by Crippen LogP contribution is -2.37. The van der Waals surface area contributed by atoms with Gasteiger partial charge in [-0.2, -0.15) is 5.10 Å². The molecule has 1 aliphatic rings. The molecular weight excluding hydrogens is 394 g/mol. The van der Waals surface area contributed by atoms with E-state index in [-0.39, 0.29) is 5.91 Å². The second kappa shape index (κ2) is 6.84. The number of hydrogen-bond acceptors (Lipinski definition) is 3. The number of amides is 1. The van der Waals surface area contributed by atoms with Crippen molar-refractivity contribution in [2.75, 3.05) is 16.8 Å². The van der Waals surface area contributed by atoms with Gasteiger partial charge < -0.3 is 15.2 Å². The number of aryl methyl sites for hydroxylation is 1. The van der Waals surface area contributed by atoms with Crippen LogP contribution >= 0.6 is 15.9 Å². The van der Waals surface area contributed by atoms with E-state index in [1.54, 1.807) is 11.1 Å². The molecule has 1 amide bonds. The van der Waals surface area contributed by atoms with Crippen LogP contribution in [0.1, 0.15) is 12.0 Å². The molecule has 0 fully saturated rings. The molecular formula is C19H18BrN5O. The second-order valence-electron chi connectivity index (χ2n) is 6.19. The summed E-state index contributed by atoms with van der Waals surface area (Å²) in [7, 11) is 0. The Balaban J connectivity index is 1.55. The molecule has 0 unspecified atom stereocenters. The van der Waals surface area contributed by atoms with Crippen LogP contribution < -0.4 is 10.2 Å². The molecule has 132 valence electrons. The summed E-state index contributed by atoms with van der Waals surface area (Å²) in [6, 6.07) is 9.92. The van der Waals surface area contributed by atoms with E-state index in [0.717, 1.165) is 39.4 Å². The third-order valence-electron chi connectivity index (χ3n) is 4.44. The van der Waals surface area contributed by atoms with Crippen molar-refractivity contribution in [1.82, 2.24) is 15.2 Å². The molecule has 6 nitrogen and oxygen atoms in total. The van der Waals surface area contributed by atoms with Gasteiger partial charge in [-0.1, -0.05) is 24.8 Å². The van der Waals surface area contributed by atoms with Gasteiger partial charge in [0.2, 0.25) is 5.91 Å². The summed E-state index contributed by atoms with van der Waals surface area (Å²) in [6.45, 7) is 4.53. The average molecular weight is 412 g/mol. The predicted octanol–water partition coefficient (Wildman–Crippen LogP) is 4.07. The molecule has 7 heteroatoms. The number of rotatable bonds is 5. The number of para-hydroxylation sites is 1. The number of nitrogens with one attached hydrogen (secondary N) is 3. The highest BCUT2D eigenvalue weighted by Crippen LogP contribution is 2.34. The number of benzene rings is 1. The first-order valence-electron chi connectivity index (χ1n) is 8.33. The molecule has 3 aromatic rings. The van der Waals surface area contributed by atoms with Crippen molar-refractivity contribution in [1.29, 1.82) is 0 Å². The summed E-state index contributed by atoms with van der Waals surface area (Å²) in [5.41, 5.74) is 4.71. The van der Waals surface area contributed by atoms with Crippen LogP contribution in [-0.4, -0.2) is 27.6 Å². The first kappa shape index (κ1) is 16.7. The average Bonchev–Trinajstić information content (AvgIpc) is 3.27. The Labute approximate surface area is 159 Å². The minimum Gasteiger partial charge on any atom is -0.346 e. The molecule has 2 aromatic heterocycles. The fraction of sp³-hybridized carbons (Fsp3) is 0.158. The molecule has 26 heavy (non-hydrogen) atoms. The quantitative estimate of drug-likeness (QED) is 0.591. The van der Waals surface area contributed by atoms with Crippen molar-refractivity contribution in [3.8, 4) is 11.3 Å². The van der Waals surface area contributed by atoms with Crippen molar-refractivity contribution in [3.05, 3.63) is 65.0 Å². The predicted molar refractivity (Wildman–Crippen MR) is 106 cm³/mol. The number of anilines is 2. The van der Waals surface area contributed by atoms with E-state index in [1.165, 1.54) is 5.56 Å². The van der Waals surface area contributed by atoms with E-state index >= 15 is 0 Å². The number of fused-ring (bicyclic) bond motifs is 1. The number of nitrogens with zero attached hydrogens (tertiary/aromatic N) is 2. The molecule has 0 radical (unpaired) electrons. The molecule has 3 heterocycles. The Morgan fingerprint density at radius 1 is 1.31 bits per heavy atom. The minimum absolute atomic E-state index is 0.119. The Morgan fingerprint density at radius 3 is 2.96 bits per heavy atom. The summed E-state index contributed by atoms with van der Waals surface area (Å²) in [6.07, 6.45) is 4.88. The lowest BCUT2D eigenvalue weighted by atomic mass is 10.0. The first-order valence-corrected chi connectivity index (χ1v) is 9.12. The van der Waals surface area contributed by atoms with Crippen molar-refractivity contribution >= 4 is 33.3 Å². The van der Waals surface area contributed by atoms with Gasteiger partial charge in [0, 0.05) is 34.7 Å². The van der Waals surface area contributed by atoms with Crippen LogP contribution in [0.5, 0.6) is 0 Å². The van der Waals surface area contributed by atoms with Gasteiger partial charge in [-0.15, -0.1) is 0 Å². The highest BCUT2D eigenvalue weighted by molar-refractivity contribution is 9.10. The van der Waals surface area contributed by atoms with E-state index in [4.69, 9.17) is 0 Å². The molecule has 0 atom stereocenters. The zero-order valence-corrected chi connectivity index (χ0v) is 15.6. The van der Waals surface area contributed by atoms with Gasteiger partial charge in [-0.05, 0) is 40.0 Å². The zero-order valence-electron chi connectivity index (χ0n) is 14.1. The molecule has 0 aliphatic carbocycles. The van der Waals surface area contributed by atoms with E-state index in [2.05, 4.69) is 49.1 Å². The maximum atomic E-state index is 12.4. The molecule has 0 bridgehead atoms. The van der Waals surface area contributed by atoms with Crippen molar-refractivity contribution in [2.45, 2.75) is 12.8 Å². The molecule has 0 saturated carbocycles. The SMILES string of the molecule is C=C(CN1C(=O)CCc2ccccc21)Nc1[nH]cc(Br)c1-c1ccn[nH]1. The largest absolute Gasteiger partial charge is 0.346 e. The van der Waals surface area contributed by atoms with Crippen molar-refractivity contribution in [3.63, 3.8) is 0 Å². The van der Waals surface area contributed by atoms with Crippen LogP contribution in [0.4, 0.5) is 11.5 Å². The Hall–Kier alpha value is -2.80. The highest BCUT2D eigenvalue weighted by Gasteiger charge is 2.24. The normalized spacial score (nSPS) is 13.6. The third kappa shape index (κ3) is 3.06. The van der Waals surface area contributed by atoms with Crippen LogP contribution in [0.25, 0.3) is 11.3 Å². The number of hydrogen-bond donors (Lipinski definition) is 3. The monoisotopic (exact) mass is 411 g/mol. The van der Waals surface area contributed by atoms with Crippen molar-refractivity contribution in [2.24, 2.45) is 0 Å². The van der Waals surface area contributed by atoms with Gasteiger partial charge in [-0.3, -0.25) is 9.89 Å². The number of aromatic nitrogens is 3. The van der Waals surface area contributed by atoms with Crippen molar-refractivity contribution < 1.29 is 4.79 Å². The number of halogens is 1. The number of carbonyl (C=O) groups is 1. The van der Waals surface area contributed by atoms with E-state index in [0.29, 0.717) is 13.0 Å². The Bertz CT molecular complexity index is 960. The molecule has 1 aliphatic heterocycles. The molecule has 0 saturated heterocycles. The summed E-state index contributed by atoms with van der Waals surface area (Å²) in [4.78, 5) is 17.4. The van der Waals surface area contributed by atoms with Crippen LogP contribution in [0.15, 0.2) is 59.5 Å². The fourth-order valence-electron chi connectivity index (χ4n) is 3.23. The summed E-state index contributed by atoms with van der Waals surface area (Å²) in [5.74, 6) is 0.914. The topological polar surface area (TPSA) is 76.8 Å². The molecule has 3 N–H and O–H groups in total. The van der Waals surface area contributed by atoms with Crippen LogP contribution in [0.3, 0.4) is 0 Å². The lowest BCUT2D eigenvalue weighted by molar-refractivity contribution is -0.118. The third-order valence-corrected chi connectivity index (χ3v) is 5.07. The van der Waals surface area contributed by atoms with E-state index < -0.39 is 0 Å². The summed E-state index contributed by atoms with van der Waals surface area (Å²) in [5, 5.41) is 10.3. The van der Waals surface area contributed by atoms with E-state index in [1.807, 2.05) is 30.5 Å². The fourth-order valence-corrected chi connectivity index (χ4v) is 3.76. The van der Waals surface area contributed by atoms with Gasteiger partial charge in [0.05, 0.1) is 17.8 Å². The molecule has 1 aromatic carbocycles. The summed E-state index contributed by atoms with van der Waals surface area (Å²) < 4.78 is 0.913. The molecule has 0 spiro atoms. The Kier molecular flexibility index (Phi) is 4.38. The highest BCUT2D eigenvalue weighted by atomic mass is 79.9. The first-order chi connectivity index (χ1) is 12.6. The maximum Gasteiger partial charge on any atom is 0.227 e. The Morgan fingerprint density at radius 2 is 2.15 bits per heavy atom. The number of aromatic amines is 2. The van der Waals surface area contributed by atoms with Crippen LogP contribution in [0, 0.1) is 0 Å². The van der Waals surface area contributed by atoms with Crippen LogP contribution in [-0.2, 0) is 11.2 Å². The molecule has 4 rings (SSSR count). The smallest absolute Gasteiger partial charge is 0.227 e. The lowest BCUT2D eigenvalue weighted by Gasteiger charge is -2.30.